The van der Waals surface area contributed by atoms with E-state index in [-0.39, 0.29) is 27.2 Å². The second-order valence-corrected chi connectivity index (χ2v) is 15.0. The molecule has 2 aromatic carbocycles. The first-order valence-corrected chi connectivity index (χ1v) is 12.6. The van der Waals surface area contributed by atoms with E-state index in [2.05, 4.69) is 145 Å². The molecule has 2 rings (SSSR count). The van der Waals surface area contributed by atoms with Crippen LogP contribution in [0.3, 0.4) is 0 Å². The summed E-state index contributed by atoms with van der Waals surface area (Å²) in [4.78, 5) is 2.56. The number of anilines is 2. The maximum Gasteiger partial charge on any atom is 0.0421 e. The molecule has 0 aliphatic heterocycles. The molecule has 0 heterocycles. The molecule has 0 spiro atoms. The smallest absolute Gasteiger partial charge is 0.0421 e. The van der Waals surface area contributed by atoms with Gasteiger partial charge in [0.2, 0.25) is 0 Å². The van der Waals surface area contributed by atoms with Crippen molar-refractivity contribution in [2.45, 2.75) is 131 Å². The second kappa shape index (κ2) is 8.47. The molecule has 0 bridgehead atoms. The lowest BCUT2D eigenvalue weighted by Gasteiger charge is -2.41. The molecule has 0 amide bonds. The second-order valence-electron chi connectivity index (χ2n) is 15.0. The lowest BCUT2D eigenvalue weighted by Crippen LogP contribution is -2.38. The highest BCUT2D eigenvalue weighted by atomic mass is 15.2. The van der Waals surface area contributed by atoms with Gasteiger partial charge >= 0.3 is 0 Å². The number of hydrogen-bond donors (Lipinski definition) is 0. The van der Waals surface area contributed by atoms with Crippen molar-refractivity contribution in [3.63, 3.8) is 0 Å². The molecular weight excluding hydrogens is 398 g/mol. The highest BCUT2D eigenvalue weighted by Crippen LogP contribution is 2.42. The predicted molar refractivity (Wildman–Crippen MR) is 150 cm³/mol. The summed E-state index contributed by atoms with van der Waals surface area (Å²) in [6.07, 6.45) is 0. The molecule has 0 saturated heterocycles. The standard InChI is InChI=1S/C32H51N/c1-28(2,3)22-16-23(29(4,5)6)19-26(18-22)33(32(13,14)15)27-20-24(30(7,8)9)17-25(21-27)31(10,11)12/h16-21H,1-15H3. The summed E-state index contributed by atoms with van der Waals surface area (Å²) < 4.78 is 0. The number of benzene rings is 2. The van der Waals surface area contributed by atoms with Crippen molar-refractivity contribution < 1.29 is 0 Å². The van der Waals surface area contributed by atoms with Crippen molar-refractivity contribution in [2.24, 2.45) is 0 Å². The van der Waals surface area contributed by atoms with Crippen LogP contribution in [-0.4, -0.2) is 5.54 Å². The summed E-state index contributed by atoms with van der Waals surface area (Å²) in [5, 5.41) is 0. The van der Waals surface area contributed by atoms with Gasteiger partial charge in [0, 0.05) is 16.9 Å². The number of rotatable bonds is 2. The van der Waals surface area contributed by atoms with E-state index in [1.807, 2.05) is 0 Å². The quantitative estimate of drug-likeness (QED) is 0.441. The minimum absolute atomic E-state index is 0.0721. The van der Waals surface area contributed by atoms with Crippen molar-refractivity contribution in [3.8, 4) is 0 Å². The minimum atomic E-state index is -0.0721. The Morgan fingerprint density at radius 3 is 0.727 bits per heavy atom. The zero-order chi connectivity index (χ0) is 25.8. The Kier molecular flexibility index (Phi) is 7.06. The van der Waals surface area contributed by atoms with Gasteiger partial charge in [-0.15, -0.1) is 0 Å². The Morgan fingerprint density at radius 2 is 0.576 bits per heavy atom. The van der Waals surface area contributed by atoms with E-state index in [1.54, 1.807) is 0 Å². The van der Waals surface area contributed by atoms with Crippen LogP contribution in [0.4, 0.5) is 11.4 Å². The molecule has 0 aromatic heterocycles. The molecule has 1 heteroatoms. The van der Waals surface area contributed by atoms with Crippen LogP contribution in [0.15, 0.2) is 36.4 Å². The SMILES string of the molecule is CC(C)(C)c1cc(N(c2cc(C(C)(C)C)cc(C(C)(C)C)c2)C(C)(C)C)cc(C(C)(C)C)c1. The molecule has 184 valence electrons. The molecule has 33 heavy (non-hydrogen) atoms. The summed E-state index contributed by atoms with van der Waals surface area (Å²) in [7, 11) is 0. The van der Waals surface area contributed by atoms with Gasteiger partial charge in [-0.05, 0) is 89.0 Å². The number of nitrogens with zero attached hydrogens (tertiary/aromatic N) is 1. The lowest BCUT2D eigenvalue weighted by atomic mass is 9.79. The van der Waals surface area contributed by atoms with Gasteiger partial charge in [0.1, 0.15) is 0 Å². The topological polar surface area (TPSA) is 3.24 Å². The van der Waals surface area contributed by atoms with Gasteiger partial charge in [-0.25, -0.2) is 0 Å². The molecule has 0 atom stereocenters. The molecule has 0 aliphatic rings. The fourth-order valence-corrected chi connectivity index (χ4v) is 4.14. The summed E-state index contributed by atoms with van der Waals surface area (Å²) in [5.41, 5.74) is 8.40. The zero-order valence-electron chi connectivity index (χ0n) is 24.4. The van der Waals surface area contributed by atoms with Crippen molar-refractivity contribution in [3.05, 3.63) is 58.7 Å². The molecule has 0 aliphatic carbocycles. The van der Waals surface area contributed by atoms with Crippen molar-refractivity contribution in [2.75, 3.05) is 4.90 Å². The third-order valence-electron chi connectivity index (χ3n) is 6.49. The first-order valence-electron chi connectivity index (χ1n) is 12.6. The summed E-state index contributed by atoms with van der Waals surface area (Å²) >= 11 is 0. The van der Waals surface area contributed by atoms with Gasteiger partial charge in [0.15, 0.2) is 0 Å². The van der Waals surface area contributed by atoms with E-state index >= 15 is 0 Å². The van der Waals surface area contributed by atoms with Crippen LogP contribution in [0, 0.1) is 0 Å². The van der Waals surface area contributed by atoms with E-state index in [1.165, 1.54) is 33.6 Å². The van der Waals surface area contributed by atoms with E-state index in [0.717, 1.165) is 0 Å². The zero-order valence-corrected chi connectivity index (χ0v) is 24.4. The monoisotopic (exact) mass is 449 g/mol. The summed E-state index contributed by atoms with van der Waals surface area (Å²) in [5.74, 6) is 0. The highest BCUT2D eigenvalue weighted by molar-refractivity contribution is 5.69. The van der Waals surface area contributed by atoms with Crippen LogP contribution in [0.25, 0.3) is 0 Å². The predicted octanol–water partition coefficient (Wildman–Crippen LogP) is 9.81. The van der Waals surface area contributed by atoms with E-state index in [9.17, 15) is 0 Å². The first kappa shape index (κ1) is 27.5. The van der Waals surface area contributed by atoms with Crippen LogP contribution < -0.4 is 4.90 Å². The van der Waals surface area contributed by atoms with Gasteiger partial charge in [0.25, 0.3) is 0 Å². The van der Waals surface area contributed by atoms with Crippen molar-refractivity contribution in [1.82, 2.24) is 0 Å². The Bertz CT molecular complexity index is 834. The fraction of sp³-hybridized carbons (Fsp3) is 0.625. The number of hydrogen-bond acceptors (Lipinski definition) is 1. The summed E-state index contributed by atoms with van der Waals surface area (Å²) in [6, 6.07) is 14.5. The van der Waals surface area contributed by atoms with E-state index in [4.69, 9.17) is 0 Å². The van der Waals surface area contributed by atoms with Crippen LogP contribution in [0.2, 0.25) is 0 Å². The Hall–Kier alpha value is -1.76. The van der Waals surface area contributed by atoms with Gasteiger partial charge in [-0.3, -0.25) is 0 Å². The molecule has 1 nitrogen and oxygen atoms in total. The Balaban J connectivity index is 2.93. The largest absolute Gasteiger partial charge is 0.336 e. The molecule has 0 saturated carbocycles. The van der Waals surface area contributed by atoms with E-state index < -0.39 is 0 Å². The van der Waals surface area contributed by atoms with Gasteiger partial charge in [-0.2, -0.15) is 0 Å². The van der Waals surface area contributed by atoms with Crippen molar-refractivity contribution >= 4 is 11.4 Å². The average Bonchev–Trinajstić information content (AvgIpc) is 2.57. The minimum Gasteiger partial charge on any atom is -0.336 e. The Labute approximate surface area is 206 Å². The Morgan fingerprint density at radius 1 is 0.364 bits per heavy atom. The van der Waals surface area contributed by atoms with Gasteiger partial charge in [0.05, 0.1) is 0 Å². The normalized spacial score (nSPS) is 13.9. The first-order chi connectivity index (χ1) is 14.5. The fourth-order valence-electron chi connectivity index (χ4n) is 4.14. The molecule has 0 radical (unpaired) electrons. The van der Waals surface area contributed by atoms with Gasteiger partial charge in [-0.1, -0.05) is 95.2 Å². The summed E-state index contributed by atoms with van der Waals surface area (Å²) in [6.45, 7) is 34.8. The van der Waals surface area contributed by atoms with Crippen LogP contribution in [-0.2, 0) is 21.7 Å². The highest BCUT2D eigenvalue weighted by Gasteiger charge is 2.30. The molecule has 0 fully saturated rings. The van der Waals surface area contributed by atoms with Gasteiger partial charge < -0.3 is 4.90 Å². The lowest BCUT2D eigenvalue weighted by molar-refractivity contribution is 0.543. The maximum atomic E-state index is 2.56. The molecule has 0 N–H and O–H groups in total. The van der Waals surface area contributed by atoms with E-state index in [0.29, 0.717) is 0 Å². The third kappa shape index (κ3) is 6.65. The maximum absolute atomic E-state index is 2.56. The van der Waals surface area contributed by atoms with Crippen LogP contribution in [0.5, 0.6) is 0 Å². The third-order valence-corrected chi connectivity index (χ3v) is 6.49. The average molecular weight is 450 g/mol. The molecular formula is C32H51N. The molecule has 2 aromatic rings. The van der Waals surface area contributed by atoms with Crippen molar-refractivity contribution in [1.29, 1.82) is 0 Å². The molecule has 0 unspecified atom stereocenters. The van der Waals surface area contributed by atoms with Crippen LogP contribution in [0.1, 0.15) is 126 Å². The van der Waals surface area contributed by atoms with Crippen LogP contribution >= 0.6 is 0 Å².